The smallest absolute Gasteiger partial charge is 0.160 e. The minimum Gasteiger partial charge on any atom is -0.383 e. The normalized spacial score (nSPS) is 14.5. The van der Waals surface area contributed by atoms with Crippen molar-refractivity contribution in [3.8, 4) is 0 Å². The third kappa shape index (κ3) is 2.08. The molecule has 1 aliphatic rings. The number of fused-ring (bicyclic) bond motifs is 1. The molecule has 0 amide bonds. The SMILES string of the molecule is COCCN1CSc2cc(F)c(F)cc21. The molecule has 2 rings (SSSR count). The molecule has 0 radical (unpaired) electrons. The van der Waals surface area contributed by atoms with E-state index in [-0.39, 0.29) is 0 Å². The van der Waals surface area contributed by atoms with E-state index in [4.69, 9.17) is 4.74 Å². The number of halogens is 2. The van der Waals surface area contributed by atoms with E-state index in [1.807, 2.05) is 4.90 Å². The van der Waals surface area contributed by atoms with Crippen molar-refractivity contribution in [2.45, 2.75) is 4.90 Å². The third-order valence-corrected chi connectivity index (χ3v) is 3.36. The predicted molar refractivity (Wildman–Crippen MR) is 56.3 cm³/mol. The fraction of sp³-hybridized carbons (Fsp3) is 0.400. The highest BCUT2D eigenvalue weighted by atomic mass is 32.2. The van der Waals surface area contributed by atoms with Gasteiger partial charge in [0, 0.05) is 24.6 Å². The quantitative estimate of drug-likeness (QED) is 0.793. The molecule has 1 aromatic carbocycles. The first-order chi connectivity index (χ1) is 7.22. The molecule has 0 fully saturated rings. The van der Waals surface area contributed by atoms with Gasteiger partial charge in [-0.3, -0.25) is 0 Å². The topological polar surface area (TPSA) is 12.5 Å². The zero-order valence-corrected chi connectivity index (χ0v) is 9.11. The van der Waals surface area contributed by atoms with Crippen LogP contribution in [0.2, 0.25) is 0 Å². The van der Waals surface area contributed by atoms with Gasteiger partial charge in [0.15, 0.2) is 11.6 Å². The molecule has 1 heterocycles. The van der Waals surface area contributed by atoms with Gasteiger partial charge in [-0.2, -0.15) is 0 Å². The summed E-state index contributed by atoms with van der Waals surface area (Å²) in [7, 11) is 1.62. The molecule has 0 aromatic heterocycles. The van der Waals surface area contributed by atoms with Crippen LogP contribution < -0.4 is 4.90 Å². The fourth-order valence-electron chi connectivity index (χ4n) is 1.48. The largest absolute Gasteiger partial charge is 0.383 e. The van der Waals surface area contributed by atoms with Crippen LogP contribution in [0.1, 0.15) is 0 Å². The molecule has 1 aromatic rings. The van der Waals surface area contributed by atoms with Crippen molar-refractivity contribution in [2.75, 3.05) is 31.0 Å². The number of ether oxygens (including phenoxy) is 1. The maximum atomic E-state index is 13.0. The number of benzene rings is 1. The van der Waals surface area contributed by atoms with Gasteiger partial charge < -0.3 is 9.64 Å². The molecule has 1 aliphatic heterocycles. The first-order valence-corrected chi connectivity index (χ1v) is 5.56. The second-order valence-corrected chi connectivity index (χ2v) is 4.25. The predicted octanol–water partition coefficient (Wildman–Crippen LogP) is 2.48. The van der Waals surface area contributed by atoms with Crippen LogP contribution in [0.4, 0.5) is 14.5 Å². The van der Waals surface area contributed by atoms with E-state index >= 15 is 0 Å². The molecule has 15 heavy (non-hydrogen) atoms. The Kier molecular flexibility index (Phi) is 3.11. The van der Waals surface area contributed by atoms with Crippen LogP contribution in [-0.4, -0.2) is 26.1 Å². The van der Waals surface area contributed by atoms with Crippen molar-refractivity contribution in [2.24, 2.45) is 0 Å². The van der Waals surface area contributed by atoms with Crippen LogP contribution in [0, 0.1) is 11.6 Å². The second-order valence-electron chi connectivity index (χ2n) is 3.26. The summed E-state index contributed by atoms with van der Waals surface area (Å²) < 4.78 is 30.9. The molecule has 0 atom stereocenters. The lowest BCUT2D eigenvalue weighted by Gasteiger charge is -2.17. The summed E-state index contributed by atoms with van der Waals surface area (Å²) in [5, 5.41) is 0. The van der Waals surface area contributed by atoms with Crippen molar-refractivity contribution in [1.82, 2.24) is 0 Å². The van der Waals surface area contributed by atoms with Crippen molar-refractivity contribution >= 4 is 17.4 Å². The molecule has 5 heteroatoms. The van der Waals surface area contributed by atoms with E-state index in [1.165, 1.54) is 23.9 Å². The first-order valence-electron chi connectivity index (χ1n) is 4.58. The molecule has 82 valence electrons. The Morgan fingerprint density at radius 2 is 2.13 bits per heavy atom. The number of thioether (sulfide) groups is 1. The molecular weight excluding hydrogens is 220 g/mol. The lowest BCUT2D eigenvalue weighted by Crippen LogP contribution is -2.23. The summed E-state index contributed by atoms with van der Waals surface area (Å²) in [6.45, 7) is 1.28. The Bertz CT molecular complexity index is 373. The molecule has 0 N–H and O–H groups in total. The summed E-state index contributed by atoms with van der Waals surface area (Å²) in [5.41, 5.74) is 0.760. The summed E-state index contributed by atoms with van der Waals surface area (Å²) in [5.74, 6) is -0.852. The van der Waals surface area contributed by atoms with Gasteiger partial charge in [-0.25, -0.2) is 8.78 Å². The van der Waals surface area contributed by atoms with Gasteiger partial charge >= 0.3 is 0 Å². The van der Waals surface area contributed by atoms with E-state index in [9.17, 15) is 8.78 Å². The second kappa shape index (κ2) is 4.37. The van der Waals surface area contributed by atoms with Gasteiger partial charge in [0.2, 0.25) is 0 Å². The Morgan fingerprint density at radius 1 is 1.40 bits per heavy atom. The van der Waals surface area contributed by atoms with E-state index in [1.54, 1.807) is 7.11 Å². The molecule has 0 saturated carbocycles. The van der Waals surface area contributed by atoms with E-state index in [0.717, 1.165) is 16.5 Å². The highest BCUT2D eigenvalue weighted by molar-refractivity contribution is 7.99. The van der Waals surface area contributed by atoms with Gasteiger partial charge in [-0.15, -0.1) is 11.8 Å². The molecule has 0 unspecified atom stereocenters. The molecule has 2 nitrogen and oxygen atoms in total. The molecule has 0 spiro atoms. The zero-order valence-electron chi connectivity index (χ0n) is 8.30. The monoisotopic (exact) mass is 231 g/mol. The Balaban J connectivity index is 2.22. The molecule has 0 bridgehead atoms. The molecule has 0 aliphatic carbocycles. The van der Waals surface area contributed by atoms with Crippen LogP contribution in [-0.2, 0) is 4.74 Å². The first kappa shape index (κ1) is 10.7. The lowest BCUT2D eigenvalue weighted by molar-refractivity contribution is 0.206. The van der Waals surface area contributed by atoms with Crippen molar-refractivity contribution in [3.63, 3.8) is 0 Å². The number of anilines is 1. The number of nitrogens with zero attached hydrogens (tertiary/aromatic N) is 1. The van der Waals surface area contributed by atoms with Gasteiger partial charge in [-0.1, -0.05) is 0 Å². The summed E-state index contributed by atoms with van der Waals surface area (Å²) >= 11 is 1.51. The van der Waals surface area contributed by atoms with E-state index < -0.39 is 11.6 Å². The molecule has 0 saturated heterocycles. The minimum atomic E-state index is -0.793. The average molecular weight is 231 g/mol. The summed E-state index contributed by atoms with van der Waals surface area (Å²) in [4.78, 5) is 2.77. The summed E-state index contributed by atoms with van der Waals surface area (Å²) in [6, 6.07) is 2.50. The standard InChI is InChI=1S/C10H11F2NOS/c1-14-3-2-13-6-15-10-5-8(12)7(11)4-9(10)13/h4-5H,2-3,6H2,1H3. The minimum absolute atomic E-state index is 0.582. The highest BCUT2D eigenvalue weighted by Gasteiger charge is 2.21. The average Bonchev–Trinajstić information content (AvgIpc) is 2.59. The summed E-state index contributed by atoms with van der Waals surface area (Å²) in [6.07, 6.45) is 0. The molecular formula is C10H11F2NOS. The van der Waals surface area contributed by atoms with Gasteiger partial charge in [0.25, 0.3) is 0 Å². The van der Waals surface area contributed by atoms with Crippen LogP contribution in [0.15, 0.2) is 17.0 Å². The number of rotatable bonds is 3. The van der Waals surface area contributed by atoms with E-state index in [0.29, 0.717) is 13.2 Å². The number of methoxy groups -OCH3 is 1. The third-order valence-electron chi connectivity index (χ3n) is 2.28. The van der Waals surface area contributed by atoms with Gasteiger partial charge in [0.05, 0.1) is 18.2 Å². The van der Waals surface area contributed by atoms with E-state index in [2.05, 4.69) is 0 Å². The Hall–Kier alpha value is -0.810. The van der Waals surface area contributed by atoms with Crippen molar-refractivity contribution in [3.05, 3.63) is 23.8 Å². The van der Waals surface area contributed by atoms with Crippen LogP contribution >= 0.6 is 11.8 Å². The van der Waals surface area contributed by atoms with Crippen molar-refractivity contribution < 1.29 is 13.5 Å². The number of hydrogen-bond acceptors (Lipinski definition) is 3. The fourth-order valence-corrected chi connectivity index (χ4v) is 2.57. The lowest BCUT2D eigenvalue weighted by atomic mass is 10.3. The maximum Gasteiger partial charge on any atom is 0.160 e. The Labute approximate surface area is 91.2 Å². The zero-order chi connectivity index (χ0) is 10.8. The van der Waals surface area contributed by atoms with Crippen LogP contribution in [0.3, 0.4) is 0 Å². The highest BCUT2D eigenvalue weighted by Crippen LogP contribution is 2.39. The van der Waals surface area contributed by atoms with Crippen LogP contribution in [0.5, 0.6) is 0 Å². The van der Waals surface area contributed by atoms with Crippen LogP contribution in [0.25, 0.3) is 0 Å². The maximum absolute atomic E-state index is 13.0. The van der Waals surface area contributed by atoms with Gasteiger partial charge in [-0.05, 0) is 6.07 Å². The Morgan fingerprint density at radius 3 is 2.87 bits per heavy atom. The van der Waals surface area contributed by atoms with Crippen molar-refractivity contribution in [1.29, 1.82) is 0 Å². The number of hydrogen-bond donors (Lipinski definition) is 0. The van der Waals surface area contributed by atoms with Gasteiger partial charge in [0.1, 0.15) is 0 Å².